The number of nitrogens with one attached hydrogen (secondary N) is 1. The minimum Gasteiger partial charge on any atom is -0.480 e. The summed E-state index contributed by atoms with van der Waals surface area (Å²) in [5.74, 6) is -1.88. The molecular weight excluding hydrogens is 296 g/mol. The van der Waals surface area contributed by atoms with Crippen molar-refractivity contribution in [2.24, 2.45) is 5.92 Å². The van der Waals surface area contributed by atoms with Crippen molar-refractivity contribution >= 4 is 23.5 Å². The van der Waals surface area contributed by atoms with E-state index < -0.39 is 24.0 Å². The van der Waals surface area contributed by atoms with Gasteiger partial charge in [0, 0.05) is 12.3 Å². The Bertz CT molecular complexity index is 583. The molecule has 0 saturated carbocycles. The normalized spacial score (nSPS) is 13.8. The summed E-state index contributed by atoms with van der Waals surface area (Å²) in [5.41, 5.74) is -0.363. The van der Waals surface area contributed by atoms with E-state index in [1.54, 1.807) is 20.8 Å². The van der Waals surface area contributed by atoms with E-state index in [4.69, 9.17) is 16.7 Å². The van der Waals surface area contributed by atoms with Crippen LogP contribution in [-0.4, -0.2) is 27.6 Å². The number of nitrogens with zero attached hydrogens (tertiary/aromatic N) is 1. The van der Waals surface area contributed by atoms with Crippen molar-refractivity contribution in [2.45, 2.75) is 39.3 Å². The van der Waals surface area contributed by atoms with Crippen LogP contribution in [0.1, 0.15) is 33.2 Å². The molecule has 21 heavy (non-hydrogen) atoms. The second-order valence-electron chi connectivity index (χ2n) is 5.09. The summed E-state index contributed by atoms with van der Waals surface area (Å²) >= 11 is 5.84. The number of halogens is 1. The van der Waals surface area contributed by atoms with Crippen LogP contribution in [0.25, 0.3) is 0 Å². The van der Waals surface area contributed by atoms with Gasteiger partial charge < -0.3 is 15.0 Å². The molecule has 7 heteroatoms. The minimum atomic E-state index is -1.10. The van der Waals surface area contributed by atoms with Crippen molar-refractivity contribution in [3.63, 3.8) is 0 Å². The van der Waals surface area contributed by atoms with E-state index in [1.165, 1.54) is 22.9 Å². The van der Waals surface area contributed by atoms with Crippen molar-refractivity contribution in [1.82, 2.24) is 9.88 Å². The van der Waals surface area contributed by atoms with Gasteiger partial charge >= 0.3 is 5.97 Å². The van der Waals surface area contributed by atoms with Gasteiger partial charge in [-0.3, -0.25) is 9.59 Å². The fourth-order valence-electron chi connectivity index (χ4n) is 1.99. The number of rotatable bonds is 6. The molecule has 1 heterocycles. The van der Waals surface area contributed by atoms with Gasteiger partial charge in [-0.1, -0.05) is 32.4 Å². The lowest BCUT2D eigenvalue weighted by molar-refractivity contribution is -0.143. The molecule has 0 saturated heterocycles. The summed E-state index contributed by atoms with van der Waals surface area (Å²) < 4.78 is 1.22. The number of hydrogen-bond acceptors (Lipinski definition) is 3. The van der Waals surface area contributed by atoms with Gasteiger partial charge in [0.05, 0.1) is 5.02 Å². The summed E-state index contributed by atoms with van der Waals surface area (Å²) in [6.07, 6.45) is 1.72. The number of carbonyl (C=O) groups excluding carboxylic acids is 1. The average Bonchev–Trinajstić information content (AvgIpc) is 2.40. The molecule has 1 rings (SSSR count). The molecule has 2 N–H and O–H groups in total. The number of carboxylic acid groups (broad SMARTS) is 1. The molecule has 2 atom stereocenters. The van der Waals surface area contributed by atoms with Crippen LogP contribution in [0.15, 0.2) is 23.1 Å². The first kappa shape index (κ1) is 17.2. The summed E-state index contributed by atoms with van der Waals surface area (Å²) in [6.45, 7) is 5.14. The number of aromatic nitrogens is 1. The predicted octanol–water partition coefficient (Wildman–Crippen LogP) is 1.68. The van der Waals surface area contributed by atoms with Crippen LogP contribution in [-0.2, 0) is 9.59 Å². The van der Waals surface area contributed by atoms with E-state index in [9.17, 15) is 14.4 Å². The lowest BCUT2D eigenvalue weighted by Gasteiger charge is -2.23. The van der Waals surface area contributed by atoms with Gasteiger partial charge in [0.1, 0.15) is 12.1 Å². The maximum Gasteiger partial charge on any atom is 0.326 e. The Labute approximate surface area is 127 Å². The summed E-state index contributed by atoms with van der Waals surface area (Å²) in [4.78, 5) is 35.3. The van der Waals surface area contributed by atoms with E-state index in [2.05, 4.69) is 5.32 Å². The van der Waals surface area contributed by atoms with Gasteiger partial charge in [-0.15, -0.1) is 0 Å². The first-order chi connectivity index (χ1) is 9.77. The standard InChI is InChI=1S/C14H19ClN2O4/c1-4-10(17-7-9(15)5-6-11(17)18)13(19)16-12(8(2)3)14(20)21/h5-8,10,12H,4H2,1-3H3,(H,16,19)(H,20,21). The van der Waals surface area contributed by atoms with Gasteiger partial charge in [0.25, 0.3) is 5.56 Å². The van der Waals surface area contributed by atoms with E-state index in [0.717, 1.165) is 0 Å². The van der Waals surface area contributed by atoms with E-state index >= 15 is 0 Å². The fourth-order valence-corrected chi connectivity index (χ4v) is 2.16. The monoisotopic (exact) mass is 314 g/mol. The van der Waals surface area contributed by atoms with Gasteiger partial charge in [-0.05, 0) is 18.4 Å². The molecule has 0 aliphatic carbocycles. The maximum atomic E-state index is 12.3. The Morgan fingerprint density at radius 3 is 2.48 bits per heavy atom. The van der Waals surface area contributed by atoms with Crippen molar-refractivity contribution in [3.05, 3.63) is 33.7 Å². The summed E-state index contributed by atoms with van der Waals surface area (Å²) in [6, 6.07) is 0.924. The molecule has 0 fully saturated rings. The van der Waals surface area contributed by atoms with Crippen LogP contribution in [0.4, 0.5) is 0 Å². The maximum absolute atomic E-state index is 12.3. The molecule has 0 aliphatic heterocycles. The second kappa shape index (κ2) is 7.26. The quantitative estimate of drug-likeness (QED) is 0.836. The highest BCUT2D eigenvalue weighted by molar-refractivity contribution is 6.30. The smallest absolute Gasteiger partial charge is 0.326 e. The van der Waals surface area contributed by atoms with Gasteiger partial charge in [-0.2, -0.15) is 0 Å². The van der Waals surface area contributed by atoms with Gasteiger partial charge in [0.15, 0.2) is 0 Å². The minimum absolute atomic E-state index is 0.264. The van der Waals surface area contributed by atoms with Crippen LogP contribution in [0, 0.1) is 5.92 Å². The van der Waals surface area contributed by atoms with Crippen LogP contribution < -0.4 is 10.9 Å². The first-order valence-corrected chi connectivity index (χ1v) is 7.06. The second-order valence-corrected chi connectivity index (χ2v) is 5.52. The Hall–Kier alpha value is -1.82. The Morgan fingerprint density at radius 1 is 1.38 bits per heavy atom. The Balaban J connectivity index is 3.04. The lowest BCUT2D eigenvalue weighted by Crippen LogP contribution is -2.48. The average molecular weight is 315 g/mol. The van der Waals surface area contributed by atoms with Crippen LogP contribution in [0.5, 0.6) is 0 Å². The Morgan fingerprint density at radius 2 is 2.00 bits per heavy atom. The van der Waals surface area contributed by atoms with Crippen molar-refractivity contribution in [1.29, 1.82) is 0 Å². The first-order valence-electron chi connectivity index (χ1n) is 6.68. The fraction of sp³-hybridized carbons (Fsp3) is 0.500. The highest BCUT2D eigenvalue weighted by atomic mass is 35.5. The van der Waals surface area contributed by atoms with Gasteiger partial charge in [-0.25, -0.2) is 4.79 Å². The zero-order valence-corrected chi connectivity index (χ0v) is 12.9. The molecule has 6 nitrogen and oxygen atoms in total. The van der Waals surface area contributed by atoms with E-state index in [-0.39, 0.29) is 11.5 Å². The molecule has 0 radical (unpaired) electrons. The summed E-state index contributed by atoms with van der Waals surface area (Å²) in [7, 11) is 0. The lowest BCUT2D eigenvalue weighted by atomic mass is 10.0. The molecule has 0 aliphatic rings. The number of aliphatic carboxylic acids is 1. The zero-order chi connectivity index (χ0) is 16.2. The third-order valence-corrected chi connectivity index (χ3v) is 3.38. The Kier molecular flexibility index (Phi) is 5.96. The third kappa shape index (κ3) is 4.32. The van der Waals surface area contributed by atoms with Crippen molar-refractivity contribution in [2.75, 3.05) is 0 Å². The number of carboxylic acids is 1. The topological polar surface area (TPSA) is 88.4 Å². The highest BCUT2D eigenvalue weighted by Gasteiger charge is 2.27. The number of carbonyl (C=O) groups is 2. The summed E-state index contributed by atoms with van der Waals surface area (Å²) in [5, 5.41) is 11.9. The van der Waals surface area contributed by atoms with Crippen LogP contribution in [0.2, 0.25) is 5.02 Å². The largest absolute Gasteiger partial charge is 0.480 e. The molecule has 1 amide bonds. The molecule has 116 valence electrons. The number of hydrogen-bond donors (Lipinski definition) is 2. The zero-order valence-electron chi connectivity index (χ0n) is 12.2. The van der Waals surface area contributed by atoms with E-state index in [0.29, 0.717) is 11.4 Å². The molecule has 0 bridgehead atoms. The predicted molar refractivity (Wildman–Crippen MR) is 79.4 cm³/mol. The van der Waals surface area contributed by atoms with Crippen molar-refractivity contribution < 1.29 is 14.7 Å². The van der Waals surface area contributed by atoms with Crippen molar-refractivity contribution in [3.8, 4) is 0 Å². The van der Waals surface area contributed by atoms with Crippen LogP contribution >= 0.6 is 11.6 Å². The number of amides is 1. The van der Waals surface area contributed by atoms with Gasteiger partial charge in [0.2, 0.25) is 5.91 Å². The molecular formula is C14H19ClN2O4. The molecule has 1 aromatic heterocycles. The van der Waals surface area contributed by atoms with E-state index in [1.807, 2.05) is 0 Å². The molecule has 0 spiro atoms. The highest BCUT2D eigenvalue weighted by Crippen LogP contribution is 2.14. The molecule has 0 aromatic carbocycles. The number of pyridine rings is 1. The SMILES string of the molecule is CCC(C(=O)NC(C(=O)O)C(C)C)n1cc(Cl)ccc1=O. The molecule has 1 aromatic rings. The van der Waals surface area contributed by atoms with Crippen LogP contribution in [0.3, 0.4) is 0 Å². The third-order valence-electron chi connectivity index (χ3n) is 3.16. The molecule has 2 unspecified atom stereocenters.